The molecule has 0 aromatic carbocycles. The third-order valence-electron chi connectivity index (χ3n) is 12.6. The minimum absolute atomic E-state index is 0.0453. The maximum absolute atomic E-state index is 13.3. The summed E-state index contributed by atoms with van der Waals surface area (Å²) in [4.78, 5) is 39.6. The maximum atomic E-state index is 13.3. The Labute approximate surface area is 250 Å². The van der Waals surface area contributed by atoms with Gasteiger partial charge in [-0.1, -0.05) is 34.6 Å². The molecule has 4 aliphatic heterocycles. The molecule has 4 bridgehead atoms. The van der Waals surface area contributed by atoms with Gasteiger partial charge >= 0.3 is 17.9 Å². The van der Waals surface area contributed by atoms with E-state index in [0.717, 1.165) is 5.56 Å². The van der Waals surface area contributed by atoms with Crippen molar-refractivity contribution in [3.8, 4) is 0 Å². The van der Waals surface area contributed by atoms with Crippen LogP contribution in [0.15, 0.2) is 23.0 Å². The fraction of sp³-hybridized carbons (Fsp3) is 0.781. The van der Waals surface area contributed by atoms with E-state index < -0.39 is 81.9 Å². The van der Waals surface area contributed by atoms with Gasteiger partial charge in [0, 0.05) is 41.8 Å². The van der Waals surface area contributed by atoms with Gasteiger partial charge in [0.2, 0.25) is 0 Å². The number of ether oxygens (including phenoxy) is 6. The molecule has 8 rings (SSSR count). The number of esters is 3. The maximum Gasteiger partial charge on any atom is 0.308 e. The Bertz CT molecular complexity index is 1340. The van der Waals surface area contributed by atoms with Gasteiger partial charge in [-0.25, -0.2) is 0 Å². The van der Waals surface area contributed by atoms with E-state index in [2.05, 4.69) is 6.92 Å². The Morgan fingerprint density at radius 3 is 2.51 bits per heavy atom. The molecule has 13 atom stereocenters. The van der Waals surface area contributed by atoms with E-state index in [9.17, 15) is 19.5 Å². The quantitative estimate of drug-likeness (QED) is 0.290. The highest BCUT2D eigenvalue weighted by Crippen LogP contribution is 2.83. The lowest BCUT2D eigenvalue weighted by Gasteiger charge is -2.75. The van der Waals surface area contributed by atoms with Gasteiger partial charge in [-0.05, 0) is 24.8 Å². The molecule has 3 aliphatic carbocycles. The summed E-state index contributed by atoms with van der Waals surface area (Å²) in [5.41, 5.74) is -2.60. The predicted molar refractivity (Wildman–Crippen MR) is 145 cm³/mol. The number of furan rings is 1. The SMILES string of the molecule is COC(=O)C[C@H]1[C@@]2(C)[C@@H](OC)O[C@@]3(O)C([C@H]2OC(=O)C(C)C)[C@H]2O[C@]24[C@@H]2CC(=O)O[C@@H](c5ccoc5)[C@]2(C)CC[C@@H]4[C@]13C. The van der Waals surface area contributed by atoms with Crippen LogP contribution in [0.1, 0.15) is 72.0 Å². The first-order valence-electron chi connectivity index (χ1n) is 15.3. The van der Waals surface area contributed by atoms with Crippen LogP contribution in [0.4, 0.5) is 0 Å². The molecule has 4 saturated heterocycles. The summed E-state index contributed by atoms with van der Waals surface area (Å²) >= 11 is 0. The Hall–Kier alpha value is -2.47. The van der Waals surface area contributed by atoms with Crippen molar-refractivity contribution in [2.24, 2.45) is 45.8 Å². The van der Waals surface area contributed by atoms with Crippen LogP contribution in [0.3, 0.4) is 0 Å². The van der Waals surface area contributed by atoms with Gasteiger partial charge < -0.3 is 37.9 Å². The molecule has 1 unspecified atom stereocenters. The first-order chi connectivity index (χ1) is 20.2. The van der Waals surface area contributed by atoms with Crippen molar-refractivity contribution in [2.75, 3.05) is 14.2 Å². The number of cyclic esters (lactones) is 1. The Kier molecular flexibility index (Phi) is 6.16. The number of methoxy groups -OCH3 is 2. The van der Waals surface area contributed by atoms with Gasteiger partial charge in [-0.2, -0.15) is 0 Å². The summed E-state index contributed by atoms with van der Waals surface area (Å²) in [5, 5.41) is 12.9. The number of epoxide rings is 1. The number of carbonyl (C=O) groups is 3. The molecule has 7 fully saturated rings. The van der Waals surface area contributed by atoms with Crippen molar-refractivity contribution in [3.63, 3.8) is 0 Å². The van der Waals surface area contributed by atoms with Crippen LogP contribution in [0.25, 0.3) is 0 Å². The summed E-state index contributed by atoms with van der Waals surface area (Å²) in [5.74, 6) is -5.39. The zero-order chi connectivity index (χ0) is 30.9. The van der Waals surface area contributed by atoms with Gasteiger partial charge in [-0.15, -0.1) is 0 Å². The van der Waals surface area contributed by atoms with Crippen molar-refractivity contribution >= 4 is 17.9 Å². The van der Waals surface area contributed by atoms with Gasteiger partial charge in [0.25, 0.3) is 0 Å². The molecule has 236 valence electrons. The van der Waals surface area contributed by atoms with E-state index in [1.165, 1.54) is 14.2 Å². The van der Waals surface area contributed by atoms with Crippen molar-refractivity contribution in [1.82, 2.24) is 0 Å². The van der Waals surface area contributed by atoms with E-state index in [4.69, 9.17) is 32.8 Å². The summed E-state index contributed by atoms with van der Waals surface area (Å²) in [6.07, 6.45) is 1.66. The van der Waals surface area contributed by atoms with Crippen molar-refractivity contribution in [1.29, 1.82) is 0 Å². The summed E-state index contributed by atoms with van der Waals surface area (Å²) < 4.78 is 42.1. The monoisotopic (exact) mass is 602 g/mol. The summed E-state index contributed by atoms with van der Waals surface area (Å²) in [7, 11) is 2.83. The highest BCUT2D eigenvalue weighted by molar-refractivity contribution is 5.73. The summed E-state index contributed by atoms with van der Waals surface area (Å²) in [6.45, 7) is 9.54. The molecule has 7 aliphatic rings. The van der Waals surface area contributed by atoms with Gasteiger partial charge in [0.05, 0.1) is 49.4 Å². The Balaban J connectivity index is 1.41. The van der Waals surface area contributed by atoms with Crippen LogP contribution < -0.4 is 0 Å². The van der Waals surface area contributed by atoms with Crippen molar-refractivity contribution in [3.05, 3.63) is 24.2 Å². The number of fused-ring (bicyclic) bond motifs is 2. The average molecular weight is 603 g/mol. The van der Waals surface area contributed by atoms with E-state index >= 15 is 0 Å². The fourth-order valence-corrected chi connectivity index (χ4v) is 10.7. The lowest BCUT2D eigenvalue weighted by molar-refractivity contribution is -0.497. The van der Waals surface area contributed by atoms with Gasteiger partial charge in [0.15, 0.2) is 12.1 Å². The molecular formula is C32H42O11. The molecule has 11 heteroatoms. The number of hydrogen-bond donors (Lipinski definition) is 1. The molecule has 43 heavy (non-hydrogen) atoms. The first-order valence-corrected chi connectivity index (χ1v) is 15.3. The van der Waals surface area contributed by atoms with E-state index in [-0.39, 0.29) is 30.6 Å². The predicted octanol–water partition coefficient (Wildman–Crippen LogP) is 3.53. The normalized spacial score (nSPS) is 50.7. The third kappa shape index (κ3) is 3.32. The van der Waals surface area contributed by atoms with Crippen LogP contribution in [0, 0.1) is 45.8 Å². The van der Waals surface area contributed by atoms with Gasteiger partial charge in [0.1, 0.15) is 17.8 Å². The number of aliphatic hydroxyl groups is 1. The van der Waals surface area contributed by atoms with Crippen LogP contribution >= 0.6 is 0 Å². The Morgan fingerprint density at radius 2 is 1.88 bits per heavy atom. The molecule has 1 aromatic heterocycles. The molecule has 1 aromatic rings. The Morgan fingerprint density at radius 1 is 1.14 bits per heavy atom. The van der Waals surface area contributed by atoms with Crippen LogP contribution in [-0.2, 0) is 42.8 Å². The molecule has 11 nitrogen and oxygen atoms in total. The standard InChI is InChI=1S/C32H42O11/c1-15(2)26(35)41-24-22-25-31(42-25)17(8-10-28(3)18(31)12-21(34)40-23(28)16-9-11-39-14-16)30(5)19(13-20(33)37-6)29(24,4)27(38-7)43-32(22,30)36/h9,11,14-15,17-19,22-25,27,36H,8,10,12-13H2,1-7H3/t17-,18-,19+,22?,23+,24-,25-,27+,28-,29-,30-,31-,32+/m1/s1. The van der Waals surface area contributed by atoms with Crippen molar-refractivity contribution in [2.45, 2.75) is 96.3 Å². The molecule has 3 saturated carbocycles. The minimum Gasteiger partial charge on any atom is -0.472 e. The second kappa shape index (κ2) is 9.05. The lowest BCUT2D eigenvalue weighted by Crippen LogP contribution is -2.85. The molecule has 0 radical (unpaired) electrons. The second-order valence-electron chi connectivity index (χ2n) is 14.6. The minimum atomic E-state index is -1.85. The van der Waals surface area contributed by atoms with Crippen LogP contribution in [0.2, 0.25) is 0 Å². The van der Waals surface area contributed by atoms with Crippen LogP contribution in [0.5, 0.6) is 0 Å². The second-order valence-corrected chi connectivity index (χ2v) is 14.6. The molecule has 5 heterocycles. The van der Waals surface area contributed by atoms with E-state index in [0.29, 0.717) is 12.8 Å². The molecule has 1 spiro atoms. The highest BCUT2D eigenvalue weighted by atomic mass is 16.8. The smallest absolute Gasteiger partial charge is 0.308 e. The van der Waals surface area contributed by atoms with E-state index in [1.807, 2.05) is 19.9 Å². The lowest BCUT2D eigenvalue weighted by atomic mass is 9.34. The summed E-state index contributed by atoms with van der Waals surface area (Å²) in [6, 6.07) is 1.83. The van der Waals surface area contributed by atoms with Crippen LogP contribution in [-0.4, -0.2) is 67.1 Å². The number of rotatable bonds is 6. The number of carbonyl (C=O) groups excluding carboxylic acids is 3. The topological polar surface area (TPSA) is 143 Å². The molecular weight excluding hydrogens is 560 g/mol. The highest BCUT2D eigenvalue weighted by Gasteiger charge is 2.93. The van der Waals surface area contributed by atoms with Gasteiger partial charge in [-0.3, -0.25) is 14.4 Å². The first kappa shape index (κ1) is 29.3. The van der Waals surface area contributed by atoms with Crippen molar-refractivity contribution < 1.29 is 52.3 Å². The molecule has 1 N–H and O–H groups in total. The molecule has 0 amide bonds. The van der Waals surface area contributed by atoms with E-state index in [1.54, 1.807) is 26.4 Å². The third-order valence-corrected chi connectivity index (χ3v) is 12.6. The number of hydrogen-bond acceptors (Lipinski definition) is 11. The zero-order valence-electron chi connectivity index (χ0n) is 25.8. The average Bonchev–Trinajstić information content (AvgIpc) is 3.41. The fourth-order valence-electron chi connectivity index (χ4n) is 10.7. The zero-order valence-corrected chi connectivity index (χ0v) is 25.8. The largest absolute Gasteiger partial charge is 0.472 e.